The van der Waals surface area contributed by atoms with Crippen molar-refractivity contribution in [2.45, 2.75) is 26.2 Å². The summed E-state index contributed by atoms with van der Waals surface area (Å²) in [5.74, 6) is 0.680. The van der Waals surface area contributed by atoms with Gasteiger partial charge in [-0.3, -0.25) is 4.79 Å². The molecule has 0 aliphatic rings. The maximum atomic E-state index is 12.4. The monoisotopic (exact) mass is 398 g/mol. The molecule has 146 valence electrons. The number of amides is 1. The number of nitriles is 1. The molecule has 2 aromatic carbocycles. The molecule has 0 atom stereocenters. The largest absolute Gasteiger partial charge is 0.493 e. The molecule has 0 fully saturated rings. The number of nitrogens with zero attached hydrogens (tertiary/aromatic N) is 1. The SMILES string of the molecule is CCCCCOc1ccc(C=C(C#N)C(=O)Nc2cccc(Cl)c2)cc1OC. The van der Waals surface area contributed by atoms with Crippen LogP contribution in [0.1, 0.15) is 31.7 Å². The maximum Gasteiger partial charge on any atom is 0.266 e. The number of ether oxygens (including phenoxy) is 2. The van der Waals surface area contributed by atoms with E-state index in [0.29, 0.717) is 34.4 Å². The molecule has 28 heavy (non-hydrogen) atoms. The Morgan fingerprint density at radius 2 is 2.04 bits per heavy atom. The topological polar surface area (TPSA) is 71.3 Å². The van der Waals surface area contributed by atoms with Gasteiger partial charge in [0.05, 0.1) is 13.7 Å². The molecule has 2 aromatic rings. The molecule has 0 unspecified atom stereocenters. The second-order valence-corrected chi connectivity index (χ2v) is 6.54. The van der Waals surface area contributed by atoms with Gasteiger partial charge in [-0.05, 0) is 48.4 Å². The van der Waals surface area contributed by atoms with E-state index >= 15 is 0 Å². The molecular weight excluding hydrogens is 376 g/mol. The molecule has 0 aliphatic heterocycles. The predicted molar refractivity (Wildman–Crippen MR) is 112 cm³/mol. The number of hydrogen-bond donors (Lipinski definition) is 1. The van der Waals surface area contributed by atoms with Gasteiger partial charge in [0.2, 0.25) is 0 Å². The molecule has 5 nitrogen and oxygen atoms in total. The van der Waals surface area contributed by atoms with Crippen LogP contribution in [0.3, 0.4) is 0 Å². The van der Waals surface area contributed by atoms with Crippen molar-refractivity contribution in [2.75, 3.05) is 19.0 Å². The molecule has 0 saturated carbocycles. The average Bonchev–Trinajstić information content (AvgIpc) is 2.69. The minimum Gasteiger partial charge on any atom is -0.493 e. The highest BCUT2D eigenvalue weighted by molar-refractivity contribution is 6.31. The second-order valence-electron chi connectivity index (χ2n) is 6.10. The predicted octanol–water partition coefficient (Wildman–Crippen LogP) is 5.46. The van der Waals surface area contributed by atoms with E-state index in [1.807, 2.05) is 6.07 Å². The lowest BCUT2D eigenvalue weighted by Gasteiger charge is -2.11. The number of anilines is 1. The highest BCUT2D eigenvalue weighted by atomic mass is 35.5. The molecule has 1 N–H and O–H groups in total. The Morgan fingerprint density at radius 3 is 2.71 bits per heavy atom. The van der Waals surface area contributed by atoms with Crippen molar-refractivity contribution in [3.8, 4) is 17.6 Å². The van der Waals surface area contributed by atoms with Crippen molar-refractivity contribution in [3.05, 3.63) is 58.6 Å². The fourth-order valence-corrected chi connectivity index (χ4v) is 2.70. The number of benzene rings is 2. The minimum atomic E-state index is -0.511. The molecule has 0 spiro atoms. The summed E-state index contributed by atoms with van der Waals surface area (Å²) >= 11 is 5.92. The van der Waals surface area contributed by atoms with Crippen molar-refractivity contribution in [1.82, 2.24) is 0 Å². The Balaban J connectivity index is 2.14. The number of carbonyl (C=O) groups is 1. The summed E-state index contributed by atoms with van der Waals surface area (Å²) in [4.78, 5) is 12.4. The van der Waals surface area contributed by atoms with Crippen LogP contribution in [0, 0.1) is 11.3 Å². The smallest absolute Gasteiger partial charge is 0.266 e. The fraction of sp³-hybridized carbons (Fsp3) is 0.273. The quantitative estimate of drug-likeness (QED) is 0.345. The highest BCUT2D eigenvalue weighted by Crippen LogP contribution is 2.29. The van der Waals surface area contributed by atoms with E-state index < -0.39 is 5.91 Å². The number of unbranched alkanes of at least 4 members (excludes halogenated alkanes) is 2. The summed E-state index contributed by atoms with van der Waals surface area (Å²) in [5, 5.41) is 12.5. The van der Waals surface area contributed by atoms with Crippen molar-refractivity contribution < 1.29 is 14.3 Å². The van der Waals surface area contributed by atoms with Crippen LogP contribution in [0.4, 0.5) is 5.69 Å². The summed E-state index contributed by atoms with van der Waals surface area (Å²) in [5.41, 5.74) is 1.15. The Hall–Kier alpha value is -2.97. The zero-order chi connectivity index (χ0) is 20.4. The molecule has 0 bridgehead atoms. The lowest BCUT2D eigenvalue weighted by Crippen LogP contribution is -2.13. The molecule has 0 heterocycles. The first-order valence-corrected chi connectivity index (χ1v) is 9.44. The number of nitrogens with one attached hydrogen (secondary N) is 1. The second kappa shape index (κ2) is 11.0. The number of carbonyl (C=O) groups excluding carboxylic acids is 1. The third-order valence-electron chi connectivity index (χ3n) is 3.95. The summed E-state index contributed by atoms with van der Waals surface area (Å²) < 4.78 is 11.1. The van der Waals surface area contributed by atoms with Crippen LogP contribution >= 0.6 is 11.6 Å². The molecule has 6 heteroatoms. The van der Waals surface area contributed by atoms with Crippen molar-refractivity contribution in [3.63, 3.8) is 0 Å². The molecular formula is C22H23ClN2O3. The van der Waals surface area contributed by atoms with Gasteiger partial charge in [-0.1, -0.05) is 43.5 Å². The lowest BCUT2D eigenvalue weighted by molar-refractivity contribution is -0.112. The lowest BCUT2D eigenvalue weighted by atomic mass is 10.1. The van der Waals surface area contributed by atoms with Crippen LogP contribution < -0.4 is 14.8 Å². The first kappa shape index (κ1) is 21.3. The average molecular weight is 399 g/mol. The first-order chi connectivity index (χ1) is 13.6. The van der Waals surface area contributed by atoms with Crippen LogP contribution in [0.25, 0.3) is 6.08 Å². The minimum absolute atomic E-state index is 0.0290. The summed E-state index contributed by atoms with van der Waals surface area (Å²) in [6, 6.07) is 14.0. The number of methoxy groups -OCH3 is 1. The first-order valence-electron chi connectivity index (χ1n) is 9.07. The van der Waals surface area contributed by atoms with Crippen molar-refractivity contribution >= 4 is 29.3 Å². The van der Waals surface area contributed by atoms with Gasteiger partial charge in [-0.15, -0.1) is 0 Å². The fourth-order valence-electron chi connectivity index (χ4n) is 2.51. The Labute approximate surface area is 170 Å². The molecule has 0 aromatic heterocycles. The van der Waals surface area contributed by atoms with Gasteiger partial charge >= 0.3 is 0 Å². The van der Waals surface area contributed by atoms with E-state index in [9.17, 15) is 10.1 Å². The third kappa shape index (κ3) is 6.33. The van der Waals surface area contributed by atoms with Gasteiger partial charge in [0, 0.05) is 10.7 Å². The number of hydrogen-bond acceptors (Lipinski definition) is 4. The van der Waals surface area contributed by atoms with Gasteiger partial charge < -0.3 is 14.8 Å². The zero-order valence-corrected chi connectivity index (χ0v) is 16.8. The molecule has 0 saturated heterocycles. The van der Waals surface area contributed by atoms with Gasteiger partial charge in [0.25, 0.3) is 5.91 Å². The Kier molecular flexibility index (Phi) is 8.38. The number of halogens is 1. The van der Waals surface area contributed by atoms with Crippen LogP contribution in [0.2, 0.25) is 5.02 Å². The summed E-state index contributed by atoms with van der Waals surface area (Å²) in [6.45, 7) is 2.75. The van der Waals surface area contributed by atoms with E-state index in [0.717, 1.165) is 19.3 Å². The number of rotatable bonds is 9. The molecule has 0 aliphatic carbocycles. The Bertz CT molecular complexity index is 888. The van der Waals surface area contributed by atoms with E-state index in [1.165, 1.54) is 6.08 Å². The van der Waals surface area contributed by atoms with Crippen LogP contribution in [-0.4, -0.2) is 19.6 Å². The van der Waals surface area contributed by atoms with E-state index in [-0.39, 0.29) is 5.57 Å². The summed E-state index contributed by atoms with van der Waals surface area (Å²) in [6.07, 6.45) is 4.71. The van der Waals surface area contributed by atoms with E-state index in [4.69, 9.17) is 21.1 Å². The van der Waals surface area contributed by atoms with E-state index in [2.05, 4.69) is 12.2 Å². The van der Waals surface area contributed by atoms with Crippen LogP contribution in [0.15, 0.2) is 48.0 Å². The summed E-state index contributed by atoms with van der Waals surface area (Å²) in [7, 11) is 1.55. The normalized spacial score (nSPS) is 10.9. The van der Waals surface area contributed by atoms with Gasteiger partial charge in [-0.25, -0.2) is 0 Å². The van der Waals surface area contributed by atoms with E-state index in [1.54, 1.807) is 49.6 Å². The van der Waals surface area contributed by atoms with Crippen LogP contribution in [0.5, 0.6) is 11.5 Å². The zero-order valence-electron chi connectivity index (χ0n) is 16.0. The Morgan fingerprint density at radius 1 is 1.21 bits per heavy atom. The van der Waals surface area contributed by atoms with Crippen molar-refractivity contribution in [1.29, 1.82) is 5.26 Å². The standard InChI is InChI=1S/C22H23ClN2O3/c1-3-4-5-11-28-20-10-9-16(13-21(20)27-2)12-17(15-24)22(26)25-19-8-6-7-18(23)14-19/h6-10,12-14H,3-5,11H2,1-2H3,(H,25,26). The van der Waals surface area contributed by atoms with Gasteiger partial charge in [-0.2, -0.15) is 5.26 Å². The van der Waals surface area contributed by atoms with Crippen LogP contribution in [-0.2, 0) is 4.79 Å². The molecule has 2 rings (SSSR count). The molecule has 1 amide bonds. The molecule has 0 radical (unpaired) electrons. The van der Waals surface area contributed by atoms with Gasteiger partial charge in [0.1, 0.15) is 11.6 Å². The maximum absolute atomic E-state index is 12.4. The highest BCUT2D eigenvalue weighted by Gasteiger charge is 2.11. The van der Waals surface area contributed by atoms with Gasteiger partial charge in [0.15, 0.2) is 11.5 Å². The third-order valence-corrected chi connectivity index (χ3v) is 4.19. The van der Waals surface area contributed by atoms with Crippen molar-refractivity contribution in [2.24, 2.45) is 0 Å².